The van der Waals surface area contributed by atoms with Crippen molar-refractivity contribution in [2.45, 2.75) is 12.6 Å². The average molecular weight is 113 g/mol. The summed E-state index contributed by atoms with van der Waals surface area (Å²) < 4.78 is 0. The van der Waals surface area contributed by atoms with Gasteiger partial charge in [-0.25, -0.2) is 0 Å². The quantitative estimate of drug-likeness (QED) is 0.289. The molecule has 0 spiro atoms. The first-order valence-corrected chi connectivity index (χ1v) is 2.70. The molecule has 0 bridgehead atoms. The Morgan fingerprint density at radius 2 is 2.50 bits per heavy atom. The summed E-state index contributed by atoms with van der Waals surface area (Å²) in [5, 5.41) is 6.22. The van der Waals surface area contributed by atoms with Gasteiger partial charge >= 0.3 is 0 Å². The topological polar surface area (TPSA) is 46.3 Å². The summed E-state index contributed by atoms with van der Waals surface area (Å²) in [5.74, 6) is 0. The van der Waals surface area contributed by atoms with Gasteiger partial charge in [0, 0.05) is 13.6 Å². The summed E-state index contributed by atoms with van der Waals surface area (Å²) in [7, 11) is 1.75. The van der Waals surface area contributed by atoms with Crippen molar-refractivity contribution in [1.82, 2.24) is 10.6 Å². The Bertz CT molecular complexity index is 104. The molecule has 0 aromatic heterocycles. The van der Waals surface area contributed by atoms with E-state index in [9.17, 15) is 0 Å². The summed E-state index contributed by atoms with van der Waals surface area (Å²) in [6, 6.07) is 0. The third kappa shape index (κ3) is 1.20. The Balaban J connectivity index is 2.19. The SMILES string of the molecule is CN=CNC1(C)CN1. The molecule has 3 heteroatoms. The standard InChI is InChI=1S/C5H11N3/c1-5(3-7-5)8-4-6-2/h4,7H,3H2,1-2H3,(H,6,8). The number of nitrogens with one attached hydrogen (secondary N) is 2. The minimum Gasteiger partial charge on any atom is -0.358 e. The molecule has 0 radical (unpaired) electrons. The summed E-state index contributed by atoms with van der Waals surface area (Å²) >= 11 is 0. The molecule has 0 aliphatic carbocycles. The molecule has 1 saturated heterocycles. The van der Waals surface area contributed by atoms with Crippen LogP contribution in [0.15, 0.2) is 4.99 Å². The fourth-order valence-corrected chi connectivity index (χ4v) is 0.442. The second-order valence-electron chi connectivity index (χ2n) is 2.22. The van der Waals surface area contributed by atoms with Gasteiger partial charge in [-0.3, -0.25) is 10.3 Å². The molecule has 1 atom stereocenters. The molecule has 1 aliphatic rings. The lowest BCUT2D eigenvalue weighted by atomic mass is 10.4. The van der Waals surface area contributed by atoms with E-state index in [1.807, 2.05) is 0 Å². The van der Waals surface area contributed by atoms with Gasteiger partial charge in [-0.2, -0.15) is 0 Å². The number of nitrogens with zero attached hydrogens (tertiary/aromatic N) is 1. The van der Waals surface area contributed by atoms with Gasteiger partial charge in [-0.1, -0.05) is 0 Å². The van der Waals surface area contributed by atoms with E-state index in [-0.39, 0.29) is 5.66 Å². The van der Waals surface area contributed by atoms with Crippen molar-refractivity contribution in [3.05, 3.63) is 0 Å². The molecule has 46 valence electrons. The first-order chi connectivity index (χ1) is 3.77. The molecular formula is C5H11N3. The molecule has 1 fully saturated rings. The molecule has 0 amide bonds. The van der Waals surface area contributed by atoms with Crippen molar-refractivity contribution in [3.8, 4) is 0 Å². The van der Waals surface area contributed by atoms with Crippen molar-refractivity contribution in [3.63, 3.8) is 0 Å². The van der Waals surface area contributed by atoms with Crippen LogP contribution in [-0.2, 0) is 0 Å². The van der Waals surface area contributed by atoms with Crippen LogP contribution in [0.3, 0.4) is 0 Å². The zero-order valence-electron chi connectivity index (χ0n) is 5.23. The van der Waals surface area contributed by atoms with Crippen molar-refractivity contribution < 1.29 is 0 Å². The van der Waals surface area contributed by atoms with Crippen LogP contribution in [0.5, 0.6) is 0 Å². The smallest absolute Gasteiger partial charge is 0.0989 e. The molecular weight excluding hydrogens is 102 g/mol. The largest absolute Gasteiger partial charge is 0.358 e. The van der Waals surface area contributed by atoms with Gasteiger partial charge in [0.05, 0.1) is 12.0 Å². The van der Waals surface area contributed by atoms with Crippen molar-refractivity contribution >= 4 is 6.34 Å². The molecule has 1 unspecified atom stereocenters. The lowest BCUT2D eigenvalue weighted by Crippen LogP contribution is -2.30. The molecule has 1 aliphatic heterocycles. The normalized spacial score (nSPS) is 35.8. The summed E-state index contributed by atoms with van der Waals surface area (Å²) in [6.07, 6.45) is 1.71. The Morgan fingerprint density at radius 3 is 2.88 bits per heavy atom. The molecule has 0 aromatic rings. The van der Waals surface area contributed by atoms with Crippen LogP contribution in [-0.4, -0.2) is 25.6 Å². The van der Waals surface area contributed by atoms with E-state index in [2.05, 4.69) is 22.5 Å². The first kappa shape index (κ1) is 5.56. The molecule has 3 nitrogen and oxygen atoms in total. The van der Waals surface area contributed by atoms with Gasteiger partial charge in [0.15, 0.2) is 0 Å². The van der Waals surface area contributed by atoms with E-state index in [1.54, 1.807) is 13.4 Å². The van der Waals surface area contributed by atoms with Gasteiger partial charge in [-0.05, 0) is 6.92 Å². The maximum atomic E-state index is 3.78. The Kier molecular flexibility index (Phi) is 1.21. The highest BCUT2D eigenvalue weighted by molar-refractivity contribution is 5.56. The maximum absolute atomic E-state index is 3.78. The molecule has 0 saturated carbocycles. The zero-order valence-corrected chi connectivity index (χ0v) is 5.23. The van der Waals surface area contributed by atoms with E-state index in [0.717, 1.165) is 6.54 Å². The van der Waals surface area contributed by atoms with Crippen LogP contribution in [0.4, 0.5) is 0 Å². The average Bonchev–Trinajstić information content (AvgIpc) is 2.45. The number of hydrogen-bond acceptors (Lipinski definition) is 2. The van der Waals surface area contributed by atoms with Crippen LogP contribution in [0, 0.1) is 0 Å². The minimum absolute atomic E-state index is 0.152. The first-order valence-electron chi connectivity index (χ1n) is 2.70. The van der Waals surface area contributed by atoms with E-state index in [0.29, 0.717) is 0 Å². The van der Waals surface area contributed by atoms with Gasteiger partial charge in [0.2, 0.25) is 0 Å². The van der Waals surface area contributed by atoms with E-state index < -0.39 is 0 Å². The lowest BCUT2D eigenvalue weighted by Gasteiger charge is -2.02. The molecule has 1 rings (SSSR count). The molecule has 0 aromatic carbocycles. The Morgan fingerprint density at radius 1 is 1.88 bits per heavy atom. The summed E-state index contributed by atoms with van der Waals surface area (Å²) in [5.41, 5.74) is 0.152. The number of hydrogen-bond donors (Lipinski definition) is 2. The van der Waals surface area contributed by atoms with Crippen LogP contribution < -0.4 is 10.6 Å². The summed E-state index contributed by atoms with van der Waals surface area (Å²) in [6.45, 7) is 3.13. The van der Waals surface area contributed by atoms with Gasteiger partial charge < -0.3 is 5.32 Å². The van der Waals surface area contributed by atoms with Crippen molar-refractivity contribution in [2.75, 3.05) is 13.6 Å². The number of aliphatic imine (C=N–C) groups is 1. The Hall–Kier alpha value is -0.570. The van der Waals surface area contributed by atoms with Crippen LogP contribution in [0.1, 0.15) is 6.92 Å². The van der Waals surface area contributed by atoms with Crippen molar-refractivity contribution in [2.24, 2.45) is 4.99 Å². The number of rotatable bonds is 2. The maximum Gasteiger partial charge on any atom is 0.0989 e. The monoisotopic (exact) mass is 113 g/mol. The predicted molar refractivity (Wildman–Crippen MR) is 34.0 cm³/mol. The van der Waals surface area contributed by atoms with Crippen LogP contribution >= 0.6 is 0 Å². The second-order valence-corrected chi connectivity index (χ2v) is 2.22. The van der Waals surface area contributed by atoms with Gasteiger partial charge in [-0.15, -0.1) is 0 Å². The van der Waals surface area contributed by atoms with Gasteiger partial charge in [0.25, 0.3) is 0 Å². The highest BCUT2D eigenvalue weighted by Crippen LogP contribution is 2.08. The fraction of sp³-hybridized carbons (Fsp3) is 0.800. The summed E-state index contributed by atoms with van der Waals surface area (Å²) in [4.78, 5) is 3.78. The molecule has 2 N–H and O–H groups in total. The second kappa shape index (κ2) is 1.74. The third-order valence-corrected chi connectivity index (χ3v) is 1.22. The van der Waals surface area contributed by atoms with Crippen LogP contribution in [0.2, 0.25) is 0 Å². The fourth-order valence-electron chi connectivity index (χ4n) is 0.442. The lowest BCUT2D eigenvalue weighted by molar-refractivity contribution is 0.659. The molecule has 1 heterocycles. The van der Waals surface area contributed by atoms with E-state index >= 15 is 0 Å². The van der Waals surface area contributed by atoms with Crippen LogP contribution in [0.25, 0.3) is 0 Å². The minimum atomic E-state index is 0.152. The highest BCUT2D eigenvalue weighted by atomic mass is 15.3. The highest BCUT2D eigenvalue weighted by Gasteiger charge is 2.34. The van der Waals surface area contributed by atoms with Crippen molar-refractivity contribution in [1.29, 1.82) is 0 Å². The van der Waals surface area contributed by atoms with Gasteiger partial charge in [0.1, 0.15) is 0 Å². The zero-order chi connectivity index (χ0) is 6.04. The third-order valence-electron chi connectivity index (χ3n) is 1.22. The molecule has 8 heavy (non-hydrogen) atoms. The predicted octanol–water partition coefficient (Wildman–Crippen LogP) is -0.447. The van der Waals surface area contributed by atoms with E-state index in [1.165, 1.54) is 0 Å². The van der Waals surface area contributed by atoms with E-state index in [4.69, 9.17) is 0 Å². The Labute approximate surface area is 49.2 Å².